The van der Waals surface area contributed by atoms with Crippen molar-refractivity contribution in [2.75, 3.05) is 7.05 Å². The fraction of sp³-hybridized carbons (Fsp3) is 0.750. The number of hydrogen-bond acceptors (Lipinski definition) is 4. The zero-order valence-corrected chi connectivity index (χ0v) is 11.8. The molecule has 17 heavy (non-hydrogen) atoms. The van der Waals surface area contributed by atoms with Crippen LogP contribution in [0.5, 0.6) is 0 Å². The molecule has 2 unspecified atom stereocenters. The van der Waals surface area contributed by atoms with Gasteiger partial charge in [0.25, 0.3) is 0 Å². The first-order valence-corrected chi connectivity index (χ1v) is 7.04. The van der Waals surface area contributed by atoms with Crippen LogP contribution in [0.4, 0.5) is 0 Å². The maximum absolute atomic E-state index is 4.37. The highest BCUT2D eigenvalue weighted by molar-refractivity contribution is 7.09. The summed E-state index contributed by atoms with van der Waals surface area (Å²) in [6.45, 7) is 1.02. The first kappa shape index (κ1) is 13.3. The molecule has 0 saturated carbocycles. The molecule has 2 saturated heterocycles. The van der Waals surface area contributed by atoms with E-state index in [1.54, 1.807) is 11.3 Å². The van der Waals surface area contributed by atoms with Crippen molar-refractivity contribution >= 4 is 23.7 Å². The van der Waals surface area contributed by atoms with Gasteiger partial charge in [-0.25, -0.2) is 4.98 Å². The molecule has 0 aromatic carbocycles. The number of aromatic nitrogens is 1. The van der Waals surface area contributed by atoms with Crippen molar-refractivity contribution in [3.05, 3.63) is 16.6 Å². The van der Waals surface area contributed by atoms with Gasteiger partial charge in [-0.3, -0.25) is 4.90 Å². The summed E-state index contributed by atoms with van der Waals surface area (Å²) in [4.78, 5) is 6.86. The van der Waals surface area contributed by atoms with Crippen molar-refractivity contribution < 1.29 is 0 Å². The van der Waals surface area contributed by atoms with Crippen molar-refractivity contribution in [2.45, 2.75) is 50.4 Å². The summed E-state index contributed by atoms with van der Waals surface area (Å²) in [5, 5.41) is 7.00. The van der Waals surface area contributed by atoms with E-state index in [9.17, 15) is 0 Å². The Hall–Kier alpha value is -0.160. The molecule has 1 N–H and O–H groups in total. The van der Waals surface area contributed by atoms with Gasteiger partial charge < -0.3 is 5.32 Å². The molecule has 2 aliphatic heterocycles. The number of rotatable bonds is 3. The van der Waals surface area contributed by atoms with Crippen LogP contribution in [0, 0.1) is 0 Å². The molecule has 1 aromatic heterocycles. The first-order chi connectivity index (χ1) is 7.81. The van der Waals surface area contributed by atoms with Crippen LogP contribution in [-0.4, -0.2) is 35.1 Å². The van der Waals surface area contributed by atoms with Gasteiger partial charge in [-0.2, -0.15) is 0 Å². The molecule has 0 aliphatic carbocycles. The maximum atomic E-state index is 4.37. The molecule has 0 radical (unpaired) electrons. The average Bonchev–Trinajstić information content (AvgIpc) is 2.89. The van der Waals surface area contributed by atoms with Crippen LogP contribution in [0.15, 0.2) is 11.6 Å². The molecule has 96 valence electrons. The van der Waals surface area contributed by atoms with Gasteiger partial charge in [0.1, 0.15) is 5.01 Å². The first-order valence-electron chi connectivity index (χ1n) is 6.16. The molecule has 2 bridgehead atoms. The third kappa shape index (κ3) is 2.99. The lowest BCUT2D eigenvalue weighted by atomic mass is 9.99. The van der Waals surface area contributed by atoms with E-state index < -0.39 is 0 Å². The van der Waals surface area contributed by atoms with Gasteiger partial charge in [0.15, 0.2) is 0 Å². The van der Waals surface area contributed by atoms with Crippen molar-refractivity contribution in [3.63, 3.8) is 0 Å². The summed E-state index contributed by atoms with van der Waals surface area (Å²) in [5.41, 5.74) is 0. The van der Waals surface area contributed by atoms with Crippen LogP contribution in [0.2, 0.25) is 0 Å². The topological polar surface area (TPSA) is 28.2 Å². The predicted octanol–water partition coefficient (Wildman–Crippen LogP) is 2.28. The second-order valence-corrected chi connectivity index (χ2v) is 6.08. The average molecular weight is 274 g/mol. The highest BCUT2D eigenvalue weighted by Gasteiger charge is 2.34. The lowest BCUT2D eigenvalue weighted by molar-refractivity contribution is 0.166. The fourth-order valence-corrected chi connectivity index (χ4v) is 3.74. The predicted molar refractivity (Wildman–Crippen MR) is 73.8 cm³/mol. The molecule has 2 atom stereocenters. The Kier molecular flexibility index (Phi) is 4.42. The molecule has 5 heteroatoms. The van der Waals surface area contributed by atoms with Crippen molar-refractivity contribution in [1.82, 2.24) is 15.2 Å². The quantitative estimate of drug-likeness (QED) is 0.916. The molecule has 1 aromatic rings. The van der Waals surface area contributed by atoms with Crippen molar-refractivity contribution in [3.8, 4) is 0 Å². The molecule has 3 heterocycles. The summed E-state index contributed by atoms with van der Waals surface area (Å²) < 4.78 is 0. The van der Waals surface area contributed by atoms with Crippen LogP contribution < -0.4 is 5.32 Å². The van der Waals surface area contributed by atoms with E-state index in [1.165, 1.54) is 30.7 Å². The van der Waals surface area contributed by atoms with Crippen LogP contribution >= 0.6 is 23.7 Å². The van der Waals surface area contributed by atoms with Gasteiger partial charge in [0, 0.05) is 29.7 Å². The standard InChI is InChI=1S/C12H19N3S.ClH/c1-15(8-12-13-4-5-16-12)11-6-9-2-3-10(7-11)14-9;/h4-5,9-11,14H,2-3,6-8H2,1H3;1H. The van der Waals surface area contributed by atoms with Crippen LogP contribution in [0.3, 0.4) is 0 Å². The number of hydrogen-bond donors (Lipinski definition) is 1. The van der Waals surface area contributed by atoms with Gasteiger partial charge in [0.2, 0.25) is 0 Å². The van der Waals surface area contributed by atoms with Gasteiger partial charge in [-0.1, -0.05) is 0 Å². The van der Waals surface area contributed by atoms with Crippen molar-refractivity contribution in [2.24, 2.45) is 0 Å². The lowest BCUT2D eigenvalue weighted by Gasteiger charge is -2.35. The van der Waals surface area contributed by atoms with E-state index in [4.69, 9.17) is 0 Å². The minimum absolute atomic E-state index is 0. The van der Waals surface area contributed by atoms with E-state index in [0.717, 1.165) is 24.7 Å². The van der Waals surface area contributed by atoms with Crippen LogP contribution in [-0.2, 0) is 6.54 Å². The van der Waals surface area contributed by atoms with E-state index in [2.05, 4.69) is 27.6 Å². The minimum atomic E-state index is 0. The summed E-state index contributed by atoms with van der Waals surface area (Å²) in [7, 11) is 2.25. The molecule has 2 aliphatic rings. The number of nitrogens with zero attached hydrogens (tertiary/aromatic N) is 2. The summed E-state index contributed by atoms with van der Waals surface area (Å²) >= 11 is 1.76. The van der Waals surface area contributed by atoms with Crippen LogP contribution in [0.1, 0.15) is 30.7 Å². The lowest BCUT2D eigenvalue weighted by Crippen LogP contribution is -2.46. The zero-order valence-electron chi connectivity index (χ0n) is 10.1. The van der Waals surface area contributed by atoms with Gasteiger partial charge in [-0.15, -0.1) is 23.7 Å². The zero-order chi connectivity index (χ0) is 11.0. The van der Waals surface area contributed by atoms with Gasteiger partial charge >= 0.3 is 0 Å². The number of piperidine rings is 1. The Bertz CT molecular complexity index is 332. The Morgan fingerprint density at radius 2 is 2.12 bits per heavy atom. The van der Waals surface area contributed by atoms with Gasteiger partial charge in [0.05, 0.1) is 6.54 Å². The third-order valence-electron chi connectivity index (χ3n) is 3.94. The SMILES string of the molecule is CN(Cc1nccs1)C1CC2CCC(C1)N2.Cl. The fourth-order valence-electron chi connectivity index (χ4n) is 3.06. The molecule has 0 spiro atoms. The highest BCUT2D eigenvalue weighted by atomic mass is 35.5. The monoisotopic (exact) mass is 273 g/mol. The molecular weight excluding hydrogens is 254 g/mol. The highest BCUT2D eigenvalue weighted by Crippen LogP contribution is 2.29. The Balaban J connectivity index is 0.00000108. The smallest absolute Gasteiger partial charge is 0.107 e. The van der Waals surface area contributed by atoms with E-state index >= 15 is 0 Å². The second-order valence-electron chi connectivity index (χ2n) is 5.10. The van der Waals surface area contributed by atoms with Crippen molar-refractivity contribution in [1.29, 1.82) is 0 Å². The Morgan fingerprint density at radius 3 is 2.71 bits per heavy atom. The Morgan fingerprint density at radius 1 is 1.41 bits per heavy atom. The number of thiazole rings is 1. The van der Waals surface area contributed by atoms with Gasteiger partial charge in [-0.05, 0) is 32.7 Å². The number of halogens is 1. The second kappa shape index (κ2) is 5.65. The number of fused-ring (bicyclic) bond motifs is 2. The Labute approximate surface area is 113 Å². The van der Waals surface area contributed by atoms with E-state index in [1.807, 2.05) is 6.20 Å². The number of nitrogens with one attached hydrogen (secondary N) is 1. The molecule has 0 amide bonds. The largest absolute Gasteiger partial charge is 0.311 e. The summed E-state index contributed by atoms with van der Waals surface area (Å²) in [5.74, 6) is 0. The summed E-state index contributed by atoms with van der Waals surface area (Å²) in [6, 6.07) is 2.31. The maximum Gasteiger partial charge on any atom is 0.107 e. The normalized spacial score (nSPS) is 31.5. The molecular formula is C12H20ClN3S. The van der Waals surface area contributed by atoms with E-state index in [0.29, 0.717) is 0 Å². The van der Waals surface area contributed by atoms with E-state index in [-0.39, 0.29) is 12.4 Å². The molecule has 3 nitrogen and oxygen atoms in total. The molecule has 3 rings (SSSR count). The third-order valence-corrected chi connectivity index (χ3v) is 4.70. The summed E-state index contributed by atoms with van der Waals surface area (Å²) in [6.07, 6.45) is 7.30. The minimum Gasteiger partial charge on any atom is -0.311 e. The van der Waals surface area contributed by atoms with Crippen LogP contribution in [0.25, 0.3) is 0 Å². The molecule has 2 fully saturated rings.